The SMILES string of the molecule is CCC(Oc1cccc(CNCCCO)c1)C(C)=O. The van der Waals surface area contributed by atoms with Crippen molar-refractivity contribution in [2.75, 3.05) is 13.2 Å². The van der Waals surface area contributed by atoms with Gasteiger partial charge in [0.2, 0.25) is 0 Å². The zero-order valence-corrected chi connectivity index (χ0v) is 11.7. The molecule has 1 aromatic carbocycles. The van der Waals surface area contributed by atoms with Gasteiger partial charge in [-0.05, 0) is 44.0 Å². The van der Waals surface area contributed by atoms with Gasteiger partial charge in [-0.2, -0.15) is 0 Å². The molecule has 0 saturated heterocycles. The number of carbonyl (C=O) groups excluding carboxylic acids is 1. The Bertz CT molecular complexity index is 393. The van der Waals surface area contributed by atoms with Crippen molar-refractivity contribution in [2.24, 2.45) is 0 Å². The van der Waals surface area contributed by atoms with Gasteiger partial charge in [-0.25, -0.2) is 0 Å². The fraction of sp³-hybridized carbons (Fsp3) is 0.533. The van der Waals surface area contributed by atoms with Gasteiger partial charge in [-0.1, -0.05) is 19.1 Å². The van der Waals surface area contributed by atoms with Crippen molar-refractivity contribution in [3.05, 3.63) is 29.8 Å². The molecule has 0 radical (unpaired) electrons. The van der Waals surface area contributed by atoms with Crippen LogP contribution in [0.25, 0.3) is 0 Å². The number of benzene rings is 1. The minimum atomic E-state index is -0.363. The molecule has 0 aromatic heterocycles. The highest BCUT2D eigenvalue weighted by atomic mass is 16.5. The molecule has 2 N–H and O–H groups in total. The van der Waals surface area contributed by atoms with E-state index >= 15 is 0 Å². The Balaban J connectivity index is 2.53. The number of ketones is 1. The molecule has 0 spiro atoms. The lowest BCUT2D eigenvalue weighted by atomic mass is 10.2. The van der Waals surface area contributed by atoms with Gasteiger partial charge in [0, 0.05) is 13.2 Å². The normalized spacial score (nSPS) is 12.2. The molecule has 106 valence electrons. The molecular weight excluding hydrogens is 242 g/mol. The van der Waals surface area contributed by atoms with Crippen LogP contribution in [-0.2, 0) is 11.3 Å². The van der Waals surface area contributed by atoms with E-state index in [0.717, 1.165) is 30.8 Å². The number of ether oxygens (including phenoxy) is 1. The number of hydrogen-bond acceptors (Lipinski definition) is 4. The van der Waals surface area contributed by atoms with Crippen LogP contribution < -0.4 is 10.1 Å². The summed E-state index contributed by atoms with van der Waals surface area (Å²) in [5, 5.41) is 11.9. The molecule has 0 aliphatic rings. The number of hydrogen-bond donors (Lipinski definition) is 2. The second-order valence-electron chi connectivity index (χ2n) is 4.53. The first-order chi connectivity index (χ1) is 9.17. The average Bonchev–Trinajstić information content (AvgIpc) is 2.41. The summed E-state index contributed by atoms with van der Waals surface area (Å²) in [7, 11) is 0. The summed E-state index contributed by atoms with van der Waals surface area (Å²) in [5.74, 6) is 0.775. The molecule has 1 rings (SSSR count). The lowest BCUT2D eigenvalue weighted by Gasteiger charge is -2.15. The molecule has 0 aliphatic heterocycles. The molecule has 4 nitrogen and oxygen atoms in total. The van der Waals surface area contributed by atoms with E-state index in [2.05, 4.69) is 5.32 Å². The zero-order chi connectivity index (χ0) is 14.1. The number of aliphatic hydroxyl groups excluding tert-OH is 1. The fourth-order valence-electron chi connectivity index (χ4n) is 1.78. The van der Waals surface area contributed by atoms with Crippen LogP contribution >= 0.6 is 0 Å². The molecule has 0 bridgehead atoms. The van der Waals surface area contributed by atoms with Gasteiger partial charge in [0.05, 0.1) is 0 Å². The summed E-state index contributed by atoms with van der Waals surface area (Å²) in [5.41, 5.74) is 1.11. The first kappa shape index (κ1) is 15.7. The van der Waals surface area contributed by atoms with Crippen molar-refractivity contribution in [1.29, 1.82) is 0 Å². The highest BCUT2D eigenvalue weighted by Crippen LogP contribution is 2.16. The van der Waals surface area contributed by atoms with Gasteiger partial charge < -0.3 is 15.2 Å². The minimum absolute atomic E-state index is 0.0500. The third-order valence-corrected chi connectivity index (χ3v) is 2.84. The Morgan fingerprint density at radius 2 is 2.26 bits per heavy atom. The first-order valence-electron chi connectivity index (χ1n) is 6.75. The molecular formula is C15H23NO3. The van der Waals surface area contributed by atoms with Crippen LogP contribution in [0, 0.1) is 0 Å². The molecule has 0 amide bonds. The van der Waals surface area contributed by atoms with E-state index in [1.165, 1.54) is 0 Å². The van der Waals surface area contributed by atoms with E-state index in [1.807, 2.05) is 31.2 Å². The summed E-state index contributed by atoms with van der Waals surface area (Å²) >= 11 is 0. The Labute approximate surface area is 114 Å². The molecule has 0 heterocycles. The summed E-state index contributed by atoms with van der Waals surface area (Å²) < 4.78 is 5.68. The summed E-state index contributed by atoms with van der Waals surface area (Å²) in [4.78, 5) is 11.3. The summed E-state index contributed by atoms with van der Waals surface area (Å²) in [6, 6.07) is 7.74. The standard InChI is InChI=1S/C15H23NO3/c1-3-15(12(2)18)19-14-7-4-6-13(10-14)11-16-8-5-9-17/h4,6-7,10,15-17H,3,5,8-9,11H2,1-2H3. The molecule has 1 atom stereocenters. The highest BCUT2D eigenvalue weighted by Gasteiger charge is 2.13. The van der Waals surface area contributed by atoms with E-state index in [-0.39, 0.29) is 18.5 Å². The predicted octanol–water partition coefficient (Wildman–Crippen LogP) is 1.90. The van der Waals surface area contributed by atoms with Gasteiger partial charge in [0.1, 0.15) is 5.75 Å². The van der Waals surface area contributed by atoms with Crippen LogP contribution in [0.1, 0.15) is 32.3 Å². The van der Waals surface area contributed by atoms with Crippen molar-refractivity contribution in [3.8, 4) is 5.75 Å². The molecule has 4 heteroatoms. The lowest BCUT2D eigenvalue weighted by Crippen LogP contribution is -2.24. The molecule has 1 unspecified atom stereocenters. The maximum atomic E-state index is 11.3. The number of aliphatic hydroxyl groups is 1. The van der Waals surface area contributed by atoms with E-state index in [0.29, 0.717) is 6.42 Å². The summed E-state index contributed by atoms with van der Waals surface area (Å²) in [6.45, 7) is 5.20. The third kappa shape index (κ3) is 5.85. The maximum Gasteiger partial charge on any atom is 0.170 e. The van der Waals surface area contributed by atoms with Crippen molar-refractivity contribution in [3.63, 3.8) is 0 Å². The number of carbonyl (C=O) groups is 1. The largest absolute Gasteiger partial charge is 0.483 e. The van der Waals surface area contributed by atoms with E-state index in [4.69, 9.17) is 9.84 Å². The molecule has 0 saturated carbocycles. The smallest absolute Gasteiger partial charge is 0.170 e. The van der Waals surface area contributed by atoms with E-state index in [9.17, 15) is 4.79 Å². The van der Waals surface area contributed by atoms with Crippen LogP contribution in [0.2, 0.25) is 0 Å². The van der Waals surface area contributed by atoms with Gasteiger partial charge in [0.15, 0.2) is 11.9 Å². The van der Waals surface area contributed by atoms with Crippen LogP contribution in [0.15, 0.2) is 24.3 Å². The van der Waals surface area contributed by atoms with Crippen molar-refractivity contribution in [1.82, 2.24) is 5.32 Å². The van der Waals surface area contributed by atoms with Gasteiger partial charge in [-0.3, -0.25) is 4.79 Å². The zero-order valence-electron chi connectivity index (χ0n) is 11.7. The number of Topliss-reactive ketones (excluding diaryl/α,β-unsaturated/α-hetero) is 1. The van der Waals surface area contributed by atoms with E-state index < -0.39 is 0 Å². The van der Waals surface area contributed by atoms with Gasteiger partial charge in [0.25, 0.3) is 0 Å². The lowest BCUT2D eigenvalue weighted by molar-refractivity contribution is -0.123. The Hall–Kier alpha value is -1.39. The van der Waals surface area contributed by atoms with Crippen LogP contribution in [-0.4, -0.2) is 30.1 Å². The van der Waals surface area contributed by atoms with Gasteiger partial charge >= 0.3 is 0 Å². The van der Waals surface area contributed by atoms with Crippen LogP contribution in [0.3, 0.4) is 0 Å². The third-order valence-electron chi connectivity index (χ3n) is 2.84. The number of nitrogens with one attached hydrogen (secondary N) is 1. The van der Waals surface area contributed by atoms with Crippen molar-refractivity contribution < 1.29 is 14.6 Å². The average molecular weight is 265 g/mol. The molecule has 0 fully saturated rings. The summed E-state index contributed by atoms with van der Waals surface area (Å²) in [6.07, 6.45) is 1.06. The molecule has 1 aromatic rings. The Kier molecular flexibility index (Phi) is 7.15. The molecule has 19 heavy (non-hydrogen) atoms. The second-order valence-corrected chi connectivity index (χ2v) is 4.53. The maximum absolute atomic E-state index is 11.3. The highest BCUT2D eigenvalue weighted by molar-refractivity contribution is 5.80. The van der Waals surface area contributed by atoms with E-state index in [1.54, 1.807) is 6.92 Å². The van der Waals surface area contributed by atoms with Crippen molar-refractivity contribution in [2.45, 2.75) is 39.3 Å². The monoisotopic (exact) mass is 265 g/mol. The first-order valence-corrected chi connectivity index (χ1v) is 6.75. The second kappa shape index (κ2) is 8.67. The predicted molar refractivity (Wildman–Crippen MR) is 75.2 cm³/mol. The number of rotatable bonds is 9. The Morgan fingerprint density at radius 3 is 2.89 bits per heavy atom. The van der Waals surface area contributed by atoms with Gasteiger partial charge in [-0.15, -0.1) is 0 Å². The van der Waals surface area contributed by atoms with Crippen LogP contribution in [0.4, 0.5) is 0 Å². The fourth-order valence-corrected chi connectivity index (χ4v) is 1.78. The van der Waals surface area contributed by atoms with Crippen molar-refractivity contribution >= 4 is 5.78 Å². The minimum Gasteiger partial charge on any atom is -0.483 e. The molecule has 0 aliphatic carbocycles. The quantitative estimate of drug-likeness (QED) is 0.670. The Morgan fingerprint density at radius 1 is 1.47 bits per heavy atom. The topological polar surface area (TPSA) is 58.6 Å². The van der Waals surface area contributed by atoms with Crippen LogP contribution in [0.5, 0.6) is 5.75 Å².